The standard InChI is InChI=1S/C9H11FN2Si.C7H6N2O.C6H3FN2.CH2O3.CH4O.2K.H/c1-13(2,3)5-4-9-11-6-8(10)7-12-9;1-3-7-8-4-6(10-2)5-9-7;1-2-6-8-3-5(7)4-9-6;2-1-4-3;1-2;;;/h6-7H,1-3H3;1,4-5H,2H3;1,3-4H;1,3H;2H,1H3;;;/q;;;;;2*+1;-1/p-1. The van der Waals surface area contributed by atoms with Gasteiger partial charge in [-0.1, -0.05) is 19.6 Å². The minimum atomic E-state index is -1.39. The molecular weight excluding hydrogens is 597 g/mol. The number of terminal acetylenes is 2. The Balaban J connectivity index is -0.000000141. The Bertz CT molecular complexity index is 1220. The summed E-state index contributed by atoms with van der Waals surface area (Å²) in [5.41, 5.74) is 3.10. The van der Waals surface area contributed by atoms with E-state index in [0.29, 0.717) is 17.4 Å². The third-order valence-corrected chi connectivity index (χ3v) is 3.83. The molecule has 0 spiro atoms. The summed E-state index contributed by atoms with van der Waals surface area (Å²) in [6, 6.07) is 0. The number of halogens is 2. The van der Waals surface area contributed by atoms with Gasteiger partial charge in [0.2, 0.25) is 17.5 Å². The fraction of sp³-hybridized carbons (Fsp3) is 0.208. The van der Waals surface area contributed by atoms with Gasteiger partial charge in [-0.3, -0.25) is 4.79 Å². The molecule has 3 aromatic heterocycles. The van der Waals surface area contributed by atoms with Crippen molar-refractivity contribution < 1.29 is 138 Å². The number of aliphatic hydroxyl groups excluding tert-OH is 1. The summed E-state index contributed by atoms with van der Waals surface area (Å²) in [5.74, 6) is 7.97. The van der Waals surface area contributed by atoms with Crippen LogP contribution in [0.15, 0.2) is 37.2 Å². The Morgan fingerprint density at radius 1 is 0.850 bits per heavy atom. The van der Waals surface area contributed by atoms with Crippen molar-refractivity contribution in [2.45, 2.75) is 19.6 Å². The number of hydrogen-bond donors (Lipinski definition) is 1. The van der Waals surface area contributed by atoms with E-state index >= 15 is 0 Å². The number of hydrogen-bond acceptors (Lipinski definition) is 11. The molecule has 0 radical (unpaired) electrons. The topological polar surface area (TPSA) is 156 Å². The molecule has 0 unspecified atom stereocenters. The molecule has 40 heavy (non-hydrogen) atoms. The van der Waals surface area contributed by atoms with E-state index in [9.17, 15) is 8.78 Å². The molecule has 0 saturated heterocycles. The minimum Gasteiger partial charge on any atom is -1.00 e. The zero-order valence-corrected chi connectivity index (χ0v) is 30.5. The Hall–Kier alpha value is -1.54. The van der Waals surface area contributed by atoms with E-state index in [-0.39, 0.29) is 116 Å². The molecule has 0 amide bonds. The monoisotopic (exact) mass is 622 g/mol. The van der Waals surface area contributed by atoms with Crippen LogP contribution in [0.3, 0.4) is 0 Å². The predicted molar refractivity (Wildman–Crippen MR) is 135 cm³/mol. The Morgan fingerprint density at radius 2 is 1.18 bits per heavy atom. The molecule has 1 N–H and O–H groups in total. The van der Waals surface area contributed by atoms with Crippen LogP contribution in [0.4, 0.5) is 8.78 Å². The second-order valence-electron chi connectivity index (χ2n) is 6.88. The summed E-state index contributed by atoms with van der Waals surface area (Å²) in [7, 11) is 1.16. The van der Waals surface area contributed by atoms with E-state index in [0.717, 1.165) is 31.9 Å². The van der Waals surface area contributed by atoms with Crippen molar-refractivity contribution in [3.8, 4) is 41.9 Å². The largest absolute Gasteiger partial charge is 1.00 e. The van der Waals surface area contributed by atoms with Gasteiger partial charge in [0, 0.05) is 7.11 Å². The molecule has 0 aromatic carbocycles. The summed E-state index contributed by atoms with van der Waals surface area (Å²) in [5, 5.41) is 15.4. The third-order valence-electron chi connectivity index (χ3n) is 2.95. The van der Waals surface area contributed by atoms with Gasteiger partial charge in [-0.15, -0.1) is 18.4 Å². The summed E-state index contributed by atoms with van der Waals surface area (Å²) >= 11 is 0. The van der Waals surface area contributed by atoms with Gasteiger partial charge in [0.1, 0.15) is 8.07 Å². The average molecular weight is 623 g/mol. The molecule has 0 atom stereocenters. The Kier molecular flexibility index (Phi) is 32.9. The van der Waals surface area contributed by atoms with Gasteiger partial charge < -0.3 is 21.4 Å². The first-order valence-electron chi connectivity index (χ1n) is 10.0. The number of ether oxygens (including phenoxy) is 1. The molecule has 0 aliphatic rings. The fourth-order valence-corrected chi connectivity index (χ4v) is 1.99. The van der Waals surface area contributed by atoms with Gasteiger partial charge >= 0.3 is 103 Å². The molecule has 0 aliphatic heterocycles. The van der Waals surface area contributed by atoms with Crippen molar-refractivity contribution in [2.24, 2.45) is 0 Å². The van der Waals surface area contributed by atoms with E-state index in [1.807, 2.05) is 0 Å². The molecule has 0 saturated carbocycles. The number of rotatable bonds is 2. The van der Waals surface area contributed by atoms with Crippen LogP contribution in [-0.2, 0) is 9.68 Å². The van der Waals surface area contributed by atoms with Gasteiger partial charge in [-0.2, -0.15) is 0 Å². The SMILES string of the molecule is C#Cc1ncc(F)cn1.C#Cc1ncc(OC)cn1.CO.C[Si](C)(C)C#Cc1ncc(F)cn1.O=CO[O-].[H-].[K+].[K+]. The molecule has 202 valence electrons. The number of aliphatic hydroxyl groups is 1. The number of carbonyl (C=O) groups is 1. The first kappa shape index (κ1) is 45.4. The van der Waals surface area contributed by atoms with Crippen molar-refractivity contribution >= 4 is 14.5 Å². The number of carbonyl (C=O) groups excluding carboxylic acids is 1. The van der Waals surface area contributed by atoms with Crippen LogP contribution in [0.2, 0.25) is 19.6 Å². The molecule has 11 nitrogen and oxygen atoms in total. The quantitative estimate of drug-likeness (QED) is 0.0961. The van der Waals surface area contributed by atoms with E-state index < -0.39 is 19.7 Å². The molecule has 3 rings (SSSR count). The van der Waals surface area contributed by atoms with E-state index in [1.54, 1.807) is 7.11 Å². The summed E-state index contributed by atoms with van der Waals surface area (Å²) in [6.45, 7) is 6.20. The zero-order valence-electron chi connectivity index (χ0n) is 24.2. The van der Waals surface area contributed by atoms with Crippen molar-refractivity contribution in [1.29, 1.82) is 0 Å². The van der Waals surface area contributed by atoms with Crippen LogP contribution < -0.4 is 113 Å². The van der Waals surface area contributed by atoms with Crippen LogP contribution in [-0.4, -0.2) is 63.8 Å². The van der Waals surface area contributed by atoms with Gasteiger partial charge in [0.05, 0.1) is 44.3 Å². The fourth-order valence-electron chi connectivity index (χ4n) is 1.50. The number of aromatic nitrogens is 6. The van der Waals surface area contributed by atoms with E-state index in [2.05, 4.69) is 77.7 Å². The maximum Gasteiger partial charge on any atom is 1.00 e. The van der Waals surface area contributed by atoms with E-state index in [1.165, 1.54) is 12.4 Å². The summed E-state index contributed by atoms with van der Waals surface area (Å²) in [4.78, 5) is 33.3. The third kappa shape index (κ3) is 26.7. The zero-order chi connectivity index (χ0) is 29.4. The molecule has 0 bridgehead atoms. The first-order chi connectivity index (χ1) is 18.1. The number of nitrogens with zero attached hydrogens (tertiary/aromatic N) is 6. The van der Waals surface area contributed by atoms with E-state index in [4.69, 9.17) is 32.7 Å². The maximum atomic E-state index is 12.4. The van der Waals surface area contributed by atoms with Gasteiger partial charge in [-0.25, -0.2) is 38.7 Å². The molecule has 0 fully saturated rings. The molecular formula is C24H26F2K2N6O5Si. The Labute approximate surface area is 319 Å². The van der Waals surface area contributed by atoms with Crippen LogP contribution in [0.25, 0.3) is 0 Å². The molecule has 3 heterocycles. The second-order valence-corrected chi connectivity index (χ2v) is 11.6. The van der Waals surface area contributed by atoms with Gasteiger partial charge in [0.15, 0.2) is 17.4 Å². The second kappa shape index (κ2) is 29.0. The van der Waals surface area contributed by atoms with Gasteiger partial charge in [0.25, 0.3) is 6.47 Å². The van der Waals surface area contributed by atoms with Crippen LogP contribution in [0, 0.1) is 47.8 Å². The van der Waals surface area contributed by atoms with Crippen molar-refractivity contribution in [1.82, 2.24) is 29.9 Å². The van der Waals surface area contributed by atoms with Crippen LogP contribution >= 0.6 is 0 Å². The predicted octanol–water partition coefficient (Wildman–Crippen LogP) is -4.93. The average Bonchev–Trinajstić information content (AvgIpc) is 2.94. The Morgan fingerprint density at radius 3 is 1.45 bits per heavy atom. The maximum absolute atomic E-state index is 12.4. The molecule has 3 aromatic rings. The van der Waals surface area contributed by atoms with Crippen LogP contribution in [0.5, 0.6) is 5.75 Å². The van der Waals surface area contributed by atoms with Gasteiger partial charge in [-0.05, 0) is 17.8 Å². The summed E-state index contributed by atoms with van der Waals surface area (Å²) in [6.07, 6.45) is 17.3. The smallest absolute Gasteiger partial charge is 1.00 e. The molecule has 0 aliphatic carbocycles. The number of methoxy groups -OCH3 is 1. The van der Waals surface area contributed by atoms with Crippen molar-refractivity contribution in [3.63, 3.8) is 0 Å². The minimum absolute atomic E-state index is 0. The van der Waals surface area contributed by atoms with Crippen molar-refractivity contribution in [2.75, 3.05) is 14.2 Å². The van der Waals surface area contributed by atoms with Crippen LogP contribution in [0.1, 0.15) is 18.9 Å². The van der Waals surface area contributed by atoms with Crippen molar-refractivity contribution in [3.05, 3.63) is 66.3 Å². The first-order valence-corrected chi connectivity index (χ1v) is 13.5. The normalized spacial score (nSPS) is 8.07. The molecule has 16 heteroatoms. The summed E-state index contributed by atoms with van der Waals surface area (Å²) < 4.78 is 29.2.